The van der Waals surface area contributed by atoms with E-state index >= 15 is 0 Å². The second kappa shape index (κ2) is 6.75. The molecule has 1 aliphatic heterocycles. The van der Waals surface area contributed by atoms with Crippen LogP contribution in [0.4, 0.5) is 0 Å². The Morgan fingerprint density at radius 1 is 1.41 bits per heavy atom. The molecule has 0 fully saturated rings. The van der Waals surface area contributed by atoms with Crippen LogP contribution in [-0.2, 0) is 12.1 Å². The van der Waals surface area contributed by atoms with Crippen LogP contribution in [0.1, 0.15) is 32.0 Å². The van der Waals surface area contributed by atoms with Crippen molar-refractivity contribution in [2.45, 2.75) is 43.6 Å². The van der Waals surface area contributed by atoms with Crippen LogP contribution < -0.4 is 5.56 Å². The fourth-order valence-corrected chi connectivity index (χ4v) is 3.82. The molecule has 1 atom stereocenters. The van der Waals surface area contributed by atoms with Crippen molar-refractivity contribution in [1.82, 2.24) is 19.4 Å². The van der Waals surface area contributed by atoms with Gasteiger partial charge in [-0.3, -0.25) is 19.2 Å². The zero-order chi connectivity index (χ0) is 20.0. The second-order valence-electron chi connectivity index (χ2n) is 7.79. The first-order valence-corrected chi connectivity index (χ1v) is 9.60. The highest BCUT2D eigenvalue weighted by Crippen LogP contribution is 2.31. The number of thioether (sulfide) groups is 1. The molecular weight excluding hydrogens is 362 g/mol. The first-order valence-electron chi connectivity index (χ1n) is 8.61. The summed E-state index contributed by atoms with van der Waals surface area (Å²) in [7, 11) is 3.98. The number of aromatic nitrogens is 3. The molecule has 2 aromatic heterocycles. The minimum Gasteiger partial charge on any atom is -0.387 e. The Balaban J connectivity index is 2.10. The highest BCUT2D eigenvalue weighted by molar-refractivity contribution is 7.99. The highest BCUT2D eigenvalue weighted by atomic mass is 32.2. The predicted molar refractivity (Wildman–Crippen MR) is 105 cm³/mol. The molecule has 3 rings (SSSR count). The molecule has 0 saturated carbocycles. The van der Waals surface area contributed by atoms with E-state index in [4.69, 9.17) is 0 Å². The third-order valence-corrected chi connectivity index (χ3v) is 6.37. The Kier molecular flexibility index (Phi) is 4.89. The summed E-state index contributed by atoms with van der Waals surface area (Å²) < 4.78 is 1.38. The van der Waals surface area contributed by atoms with Gasteiger partial charge < -0.3 is 5.11 Å². The largest absolute Gasteiger partial charge is 0.387 e. The van der Waals surface area contributed by atoms with Gasteiger partial charge in [0, 0.05) is 17.5 Å². The Hall–Kier alpha value is -2.21. The SMILES string of the molecule is CN(C)C(C)(C)c1ccc(-c2nc3n(c(=O)c2C#N)C[C@](C)(O)CS3)cn1. The molecule has 0 saturated heterocycles. The zero-order valence-electron chi connectivity index (χ0n) is 16.1. The molecule has 0 amide bonds. The summed E-state index contributed by atoms with van der Waals surface area (Å²) in [6, 6.07) is 5.72. The molecule has 0 radical (unpaired) electrons. The Morgan fingerprint density at radius 2 is 2.11 bits per heavy atom. The van der Waals surface area contributed by atoms with E-state index in [0.29, 0.717) is 22.2 Å². The predicted octanol–water partition coefficient (Wildman–Crippen LogP) is 1.83. The van der Waals surface area contributed by atoms with Gasteiger partial charge in [-0.25, -0.2) is 4.98 Å². The molecule has 7 nitrogen and oxygen atoms in total. The van der Waals surface area contributed by atoms with Gasteiger partial charge in [0.05, 0.1) is 29.1 Å². The molecule has 0 spiro atoms. The van der Waals surface area contributed by atoms with E-state index in [9.17, 15) is 15.2 Å². The van der Waals surface area contributed by atoms with E-state index in [1.54, 1.807) is 13.1 Å². The number of fused-ring (bicyclic) bond motifs is 1. The van der Waals surface area contributed by atoms with Crippen LogP contribution in [-0.4, -0.2) is 50.0 Å². The molecule has 27 heavy (non-hydrogen) atoms. The highest BCUT2D eigenvalue weighted by Gasteiger charge is 2.31. The van der Waals surface area contributed by atoms with Gasteiger partial charge in [-0.2, -0.15) is 5.26 Å². The first kappa shape index (κ1) is 19.5. The molecule has 0 aliphatic carbocycles. The van der Waals surface area contributed by atoms with Crippen molar-refractivity contribution in [3.8, 4) is 17.3 Å². The monoisotopic (exact) mass is 385 g/mol. The van der Waals surface area contributed by atoms with Gasteiger partial charge in [0.25, 0.3) is 5.56 Å². The lowest BCUT2D eigenvalue weighted by Crippen LogP contribution is -2.42. The van der Waals surface area contributed by atoms with Crippen LogP contribution in [0.5, 0.6) is 0 Å². The maximum Gasteiger partial charge on any atom is 0.272 e. The summed E-state index contributed by atoms with van der Waals surface area (Å²) in [5.74, 6) is 0.443. The topological polar surface area (TPSA) is 95.0 Å². The zero-order valence-corrected chi connectivity index (χ0v) is 17.0. The van der Waals surface area contributed by atoms with Crippen molar-refractivity contribution in [3.05, 3.63) is 39.9 Å². The summed E-state index contributed by atoms with van der Waals surface area (Å²) >= 11 is 1.31. The lowest BCUT2D eigenvalue weighted by molar-refractivity contribution is 0.0580. The Bertz CT molecular complexity index is 971. The second-order valence-corrected chi connectivity index (χ2v) is 8.73. The minimum absolute atomic E-state index is 0.0292. The van der Waals surface area contributed by atoms with E-state index in [1.807, 2.05) is 32.3 Å². The molecule has 142 valence electrons. The van der Waals surface area contributed by atoms with Crippen LogP contribution in [0.15, 0.2) is 28.3 Å². The van der Waals surface area contributed by atoms with Gasteiger partial charge >= 0.3 is 0 Å². The maximum absolute atomic E-state index is 12.8. The van der Waals surface area contributed by atoms with Gasteiger partial charge in [0.2, 0.25) is 0 Å². The average Bonchev–Trinajstić information content (AvgIpc) is 2.61. The lowest BCUT2D eigenvalue weighted by Gasteiger charge is -2.32. The van der Waals surface area contributed by atoms with Crippen LogP contribution in [0, 0.1) is 11.3 Å². The third-order valence-electron chi connectivity index (χ3n) is 5.04. The van der Waals surface area contributed by atoms with Crippen LogP contribution >= 0.6 is 11.8 Å². The summed E-state index contributed by atoms with van der Waals surface area (Å²) in [6.07, 6.45) is 1.66. The number of nitriles is 1. The summed E-state index contributed by atoms with van der Waals surface area (Å²) in [5.41, 5.74) is 0.142. The van der Waals surface area contributed by atoms with E-state index in [0.717, 1.165) is 5.69 Å². The summed E-state index contributed by atoms with van der Waals surface area (Å²) in [6.45, 7) is 5.94. The van der Waals surface area contributed by atoms with Crippen molar-refractivity contribution in [1.29, 1.82) is 5.26 Å². The molecule has 8 heteroatoms. The molecule has 0 bridgehead atoms. The van der Waals surface area contributed by atoms with Crippen LogP contribution in [0.3, 0.4) is 0 Å². The smallest absolute Gasteiger partial charge is 0.272 e. The van der Waals surface area contributed by atoms with Crippen molar-refractivity contribution in [2.75, 3.05) is 19.8 Å². The van der Waals surface area contributed by atoms with Gasteiger partial charge in [0.15, 0.2) is 5.16 Å². The first-order chi connectivity index (χ1) is 12.6. The van der Waals surface area contributed by atoms with Gasteiger partial charge in [-0.1, -0.05) is 11.8 Å². The summed E-state index contributed by atoms with van der Waals surface area (Å²) in [5, 5.41) is 20.3. The van der Waals surface area contributed by atoms with Crippen LogP contribution in [0.2, 0.25) is 0 Å². The molecule has 3 heterocycles. The van der Waals surface area contributed by atoms with E-state index < -0.39 is 11.2 Å². The van der Waals surface area contributed by atoms with Crippen molar-refractivity contribution < 1.29 is 5.11 Å². The molecule has 2 aromatic rings. The number of aliphatic hydroxyl groups is 1. The van der Waals surface area contributed by atoms with E-state index in [1.165, 1.54) is 16.3 Å². The lowest BCUT2D eigenvalue weighted by atomic mass is 9.97. The van der Waals surface area contributed by atoms with E-state index in [2.05, 4.69) is 28.7 Å². The number of hydrogen-bond acceptors (Lipinski definition) is 7. The van der Waals surface area contributed by atoms with Gasteiger partial charge in [-0.15, -0.1) is 0 Å². The number of pyridine rings is 1. The van der Waals surface area contributed by atoms with Crippen molar-refractivity contribution in [3.63, 3.8) is 0 Å². The number of nitrogens with zero attached hydrogens (tertiary/aromatic N) is 5. The van der Waals surface area contributed by atoms with Crippen molar-refractivity contribution in [2.24, 2.45) is 0 Å². The van der Waals surface area contributed by atoms with Gasteiger partial charge in [-0.05, 0) is 47.0 Å². The number of hydrogen-bond donors (Lipinski definition) is 1. The maximum atomic E-state index is 12.8. The normalized spacial score (nSPS) is 19.6. The Morgan fingerprint density at radius 3 is 2.67 bits per heavy atom. The molecule has 0 unspecified atom stereocenters. The standard InChI is InChI=1S/C19H23N5O2S/c1-18(2,23(4)5)14-7-6-12(9-21-14)15-13(8-20)16(25)24-10-19(3,26)11-27-17(24)22-15/h6-7,9,26H,10-11H2,1-5H3/t19-/m0/s1. The third kappa shape index (κ3) is 3.50. The van der Waals surface area contributed by atoms with E-state index in [-0.39, 0.29) is 17.6 Å². The summed E-state index contributed by atoms with van der Waals surface area (Å²) in [4.78, 5) is 24.0. The minimum atomic E-state index is -1.00. The number of rotatable bonds is 3. The Labute approximate surface area is 162 Å². The molecule has 0 aromatic carbocycles. The van der Waals surface area contributed by atoms with Crippen molar-refractivity contribution >= 4 is 11.8 Å². The molecular formula is C19H23N5O2S. The molecule has 1 N–H and O–H groups in total. The van der Waals surface area contributed by atoms with Crippen LogP contribution in [0.25, 0.3) is 11.3 Å². The fourth-order valence-electron chi connectivity index (χ4n) is 2.83. The quantitative estimate of drug-likeness (QED) is 0.805. The molecule has 1 aliphatic rings. The average molecular weight is 385 g/mol. The fraction of sp³-hybridized carbons (Fsp3) is 0.474. The van der Waals surface area contributed by atoms with Gasteiger partial charge in [0.1, 0.15) is 11.6 Å².